The zero-order chi connectivity index (χ0) is 21.0. The average Bonchev–Trinajstić information content (AvgIpc) is 2.87. The number of hydrogen-bond acceptors (Lipinski definition) is 6. The largest absolute Gasteiger partial charge is 0.383 e. The molecule has 0 atom stereocenters. The number of amides is 1. The van der Waals surface area contributed by atoms with Gasteiger partial charge in [0.05, 0.1) is 23.0 Å². The van der Waals surface area contributed by atoms with E-state index in [0.717, 1.165) is 0 Å². The van der Waals surface area contributed by atoms with E-state index in [1.807, 2.05) is 6.92 Å². The molecule has 0 spiro atoms. The smallest absolute Gasteiger partial charge is 0.330 e. The van der Waals surface area contributed by atoms with Gasteiger partial charge in [0.15, 0.2) is 5.69 Å². The summed E-state index contributed by atoms with van der Waals surface area (Å²) in [4.78, 5) is 41.0. The summed E-state index contributed by atoms with van der Waals surface area (Å²) in [6.45, 7) is 5.79. The number of nitrogens with zero attached hydrogens (tertiary/aromatic N) is 4. The number of H-pyrrole nitrogens is 1. The van der Waals surface area contributed by atoms with Crippen LogP contribution in [0.5, 0.6) is 0 Å². The lowest BCUT2D eigenvalue weighted by atomic mass is 10.3. The van der Waals surface area contributed by atoms with E-state index in [4.69, 9.17) is 22.1 Å². The Labute approximate surface area is 166 Å². The van der Waals surface area contributed by atoms with E-state index in [2.05, 4.69) is 10.1 Å². The Morgan fingerprint density at radius 1 is 1.36 bits per heavy atom. The minimum absolute atomic E-state index is 0.0635. The van der Waals surface area contributed by atoms with Crippen LogP contribution in [0.25, 0.3) is 0 Å². The molecular weight excluding hydrogens is 388 g/mol. The van der Waals surface area contributed by atoms with Crippen molar-refractivity contribution in [1.82, 2.24) is 19.3 Å². The quantitative estimate of drug-likeness (QED) is 0.655. The van der Waals surface area contributed by atoms with Gasteiger partial charge in [-0.05, 0) is 20.3 Å². The number of aromatic amines is 1. The zero-order valence-electron chi connectivity index (χ0n) is 16.4. The third kappa shape index (κ3) is 4.28. The molecule has 0 unspecified atom stereocenters. The van der Waals surface area contributed by atoms with Gasteiger partial charge in [0.25, 0.3) is 5.56 Å². The second kappa shape index (κ2) is 9.07. The summed E-state index contributed by atoms with van der Waals surface area (Å²) in [5.74, 6) is -0.496. The molecule has 2 heterocycles. The molecule has 0 aromatic carbocycles. The molecule has 3 N–H and O–H groups in total. The first kappa shape index (κ1) is 21.7. The van der Waals surface area contributed by atoms with E-state index in [-0.39, 0.29) is 31.2 Å². The van der Waals surface area contributed by atoms with Gasteiger partial charge in [-0.1, -0.05) is 18.5 Å². The summed E-state index contributed by atoms with van der Waals surface area (Å²) in [6, 6.07) is 0. The van der Waals surface area contributed by atoms with Crippen molar-refractivity contribution in [2.24, 2.45) is 0 Å². The van der Waals surface area contributed by atoms with Crippen LogP contribution in [0.4, 0.5) is 11.5 Å². The minimum atomic E-state index is -0.731. The second-order valence-corrected chi connectivity index (χ2v) is 6.70. The lowest BCUT2D eigenvalue weighted by molar-refractivity contribution is -0.119. The van der Waals surface area contributed by atoms with Crippen LogP contribution in [-0.4, -0.2) is 45.5 Å². The van der Waals surface area contributed by atoms with Crippen LogP contribution in [0.15, 0.2) is 9.59 Å². The first-order chi connectivity index (χ1) is 13.2. The van der Waals surface area contributed by atoms with E-state index >= 15 is 0 Å². The van der Waals surface area contributed by atoms with E-state index < -0.39 is 17.2 Å². The molecular formula is C17H25ClN6O4. The van der Waals surface area contributed by atoms with Gasteiger partial charge >= 0.3 is 5.69 Å². The topological polar surface area (TPSA) is 128 Å². The number of carbonyl (C=O) groups is 1. The van der Waals surface area contributed by atoms with Crippen LogP contribution >= 0.6 is 11.6 Å². The monoisotopic (exact) mass is 412 g/mol. The normalized spacial score (nSPS) is 11.0. The summed E-state index contributed by atoms with van der Waals surface area (Å²) in [5.41, 5.74) is 5.91. The number of rotatable bonds is 8. The predicted octanol–water partition coefficient (Wildman–Crippen LogP) is 0.675. The molecule has 0 radical (unpaired) electrons. The van der Waals surface area contributed by atoms with Crippen molar-refractivity contribution in [2.45, 2.75) is 40.3 Å². The molecule has 2 aromatic heterocycles. The third-order valence-electron chi connectivity index (χ3n) is 4.33. The van der Waals surface area contributed by atoms with Gasteiger partial charge in [-0.3, -0.25) is 23.8 Å². The second-order valence-electron chi connectivity index (χ2n) is 6.33. The molecule has 0 aliphatic rings. The Morgan fingerprint density at radius 2 is 2.04 bits per heavy atom. The predicted molar refractivity (Wildman–Crippen MR) is 107 cm³/mol. The highest BCUT2D eigenvalue weighted by atomic mass is 35.5. The number of anilines is 2. The molecule has 0 saturated carbocycles. The van der Waals surface area contributed by atoms with Crippen LogP contribution < -0.4 is 21.9 Å². The summed E-state index contributed by atoms with van der Waals surface area (Å²) in [5, 5.41) is 4.72. The molecule has 2 aromatic rings. The van der Waals surface area contributed by atoms with Crippen molar-refractivity contribution in [2.75, 3.05) is 30.9 Å². The first-order valence-electron chi connectivity index (χ1n) is 8.84. The maximum atomic E-state index is 13.0. The molecule has 154 valence electrons. The molecule has 0 saturated heterocycles. The van der Waals surface area contributed by atoms with E-state index in [1.54, 1.807) is 13.8 Å². The Balaban J connectivity index is 2.50. The fourth-order valence-electron chi connectivity index (χ4n) is 2.87. The van der Waals surface area contributed by atoms with Gasteiger partial charge in [-0.15, -0.1) is 0 Å². The van der Waals surface area contributed by atoms with Gasteiger partial charge in [0.2, 0.25) is 5.91 Å². The fourth-order valence-corrected chi connectivity index (χ4v) is 3.01. The van der Waals surface area contributed by atoms with Crippen molar-refractivity contribution in [3.05, 3.63) is 37.2 Å². The number of methoxy groups -OCH3 is 1. The number of aryl methyl sites for hydroxylation is 1. The van der Waals surface area contributed by atoms with Crippen LogP contribution in [0.1, 0.15) is 24.7 Å². The maximum Gasteiger partial charge on any atom is 0.330 e. The molecule has 10 nitrogen and oxygen atoms in total. The highest BCUT2D eigenvalue weighted by Gasteiger charge is 2.25. The third-order valence-corrected chi connectivity index (χ3v) is 4.88. The molecule has 0 bridgehead atoms. The van der Waals surface area contributed by atoms with E-state index in [9.17, 15) is 14.4 Å². The molecule has 0 aliphatic carbocycles. The number of nitrogen functional groups attached to an aromatic ring is 1. The lowest BCUT2D eigenvalue weighted by Crippen LogP contribution is -2.43. The van der Waals surface area contributed by atoms with Crippen molar-refractivity contribution >= 4 is 29.0 Å². The number of hydrogen-bond donors (Lipinski definition) is 2. The SMILES string of the molecule is CCCn1c(N)c(N(CCOC)C(=O)Cn2nc(C)c(Cl)c2C)c(=O)[nH]c1=O. The number of ether oxygens (including phenoxy) is 1. The number of carbonyl (C=O) groups excluding carboxylic acids is 1. The van der Waals surface area contributed by atoms with Crippen molar-refractivity contribution in [3.63, 3.8) is 0 Å². The molecule has 2 rings (SSSR count). The maximum absolute atomic E-state index is 13.0. The molecule has 0 aliphatic heterocycles. The van der Waals surface area contributed by atoms with Gasteiger partial charge in [-0.2, -0.15) is 5.10 Å². The standard InChI is InChI=1S/C17H25ClN6O4/c1-5-6-23-15(19)14(16(26)20-17(23)27)22(7-8-28-4)12(25)9-24-11(3)13(18)10(2)21-24/h5-9,19H2,1-4H3,(H,20,26,27). The average molecular weight is 413 g/mol. The minimum Gasteiger partial charge on any atom is -0.383 e. The Hall–Kier alpha value is -2.59. The number of aromatic nitrogens is 4. The van der Waals surface area contributed by atoms with Crippen LogP contribution in [0.3, 0.4) is 0 Å². The van der Waals surface area contributed by atoms with Gasteiger partial charge in [0.1, 0.15) is 12.4 Å². The molecule has 0 fully saturated rings. The van der Waals surface area contributed by atoms with Crippen molar-refractivity contribution in [3.8, 4) is 0 Å². The lowest BCUT2D eigenvalue weighted by Gasteiger charge is -2.24. The molecule has 1 amide bonds. The number of nitrogens with one attached hydrogen (secondary N) is 1. The van der Waals surface area contributed by atoms with Gasteiger partial charge in [-0.25, -0.2) is 4.79 Å². The molecule has 11 heteroatoms. The van der Waals surface area contributed by atoms with E-state index in [1.165, 1.54) is 21.3 Å². The summed E-state index contributed by atoms with van der Waals surface area (Å²) < 4.78 is 7.77. The molecule has 28 heavy (non-hydrogen) atoms. The summed E-state index contributed by atoms with van der Waals surface area (Å²) in [6.07, 6.45) is 0.631. The Kier molecular flexibility index (Phi) is 7.03. The number of halogens is 1. The Morgan fingerprint density at radius 3 is 2.57 bits per heavy atom. The Bertz CT molecular complexity index is 977. The fraction of sp³-hybridized carbons (Fsp3) is 0.529. The van der Waals surface area contributed by atoms with Crippen molar-refractivity contribution in [1.29, 1.82) is 0 Å². The van der Waals surface area contributed by atoms with Crippen LogP contribution in [0, 0.1) is 13.8 Å². The zero-order valence-corrected chi connectivity index (χ0v) is 17.2. The van der Waals surface area contributed by atoms with E-state index in [0.29, 0.717) is 29.4 Å². The summed E-state index contributed by atoms with van der Waals surface area (Å²) >= 11 is 6.14. The van der Waals surface area contributed by atoms with Gasteiger partial charge < -0.3 is 15.4 Å². The highest BCUT2D eigenvalue weighted by molar-refractivity contribution is 6.31. The first-order valence-corrected chi connectivity index (χ1v) is 9.22. The van der Waals surface area contributed by atoms with Crippen LogP contribution in [0.2, 0.25) is 5.02 Å². The summed E-state index contributed by atoms with van der Waals surface area (Å²) in [7, 11) is 1.48. The highest BCUT2D eigenvalue weighted by Crippen LogP contribution is 2.21. The van der Waals surface area contributed by atoms with Crippen molar-refractivity contribution < 1.29 is 9.53 Å². The van der Waals surface area contributed by atoms with Gasteiger partial charge in [0, 0.05) is 20.2 Å². The van der Waals surface area contributed by atoms with Crippen LogP contribution in [-0.2, 0) is 22.6 Å². The number of nitrogens with two attached hydrogens (primary N) is 1.